The zero-order valence-electron chi connectivity index (χ0n) is 16.3. The van der Waals surface area contributed by atoms with Gasteiger partial charge in [0.2, 0.25) is 5.91 Å². The summed E-state index contributed by atoms with van der Waals surface area (Å²) in [5.74, 6) is -0.314. The Morgan fingerprint density at radius 2 is 1.28 bits per heavy atom. The molecule has 0 aliphatic heterocycles. The first-order chi connectivity index (χ1) is 14.2. The van der Waals surface area contributed by atoms with E-state index < -0.39 is 0 Å². The molecule has 4 heteroatoms. The summed E-state index contributed by atoms with van der Waals surface area (Å²) < 4.78 is 5.33. The molecule has 1 N–H and O–H groups in total. The quantitative estimate of drug-likeness (QED) is 0.556. The Morgan fingerprint density at radius 3 is 1.93 bits per heavy atom. The third-order valence-electron chi connectivity index (χ3n) is 4.62. The number of aryl methyl sites for hydroxylation is 1. The molecule has 148 valence electrons. The highest BCUT2D eigenvalue weighted by Gasteiger charge is 2.08. The summed E-state index contributed by atoms with van der Waals surface area (Å²) in [5, 5.41) is 2.95. The van der Waals surface area contributed by atoms with Gasteiger partial charge in [-0.05, 0) is 41.7 Å². The Balaban J connectivity index is 1.38. The van der Waals surface area contributed by atoms with Crippen molar-refractivity contribution >= 4 is 11.9 Å². The molecule has 0 unspecified atom stereocenters. The van der Waals surface area contributed by atoms with Crippen LogP contribution in [-0.4, -0.2) is 18.4 Å². The Morgan fingerprint density at radius 1 is 0.690 bits per heavy atom. The van der Waals surface area contributed by atoms with E-state index in [1.54, 1.807) is 12.1 Å². The fraction of sp³-hybridized carbons (Fsp3) is 0.200. The minimum Gasteiger partial charge on any atom is -0.457 e. The Hall–Kier alpha value is -3.40. The number of ether oxygens (including phenoxy) is 1. The molecule has 3 aromatic rings. The zero-order chi connectivity index (χ0) is 20.3. The highest BCUT2D eigenvalue weighted by molar-refractivity contribution is 5.89. The van der Waals surface area contributed by atoms with E-state index in [9.17, 15) is 9.59 Å². The molecule has 0 saturated carbocycles. The van der Waals surface area contributed by atoms with Crippen molar-refractivity contribution in [2.24, 2.45) is 0 Å². The molecule has 1 amide bonds. The summed E-state index contributed by atoms with van der Waals surface area (Å²) in [5.41, 5.74) is 3.69. The number of carbonyl (C=O) groups is 2. The zero-order valence-corrected chi connectivity index (χ0v) is 16.3. The summed E-state index contributed by atoms with van der Waals surface area (Å²) in [6.45, 7) is 0.889. The van der Waals surface area contributed by atoms with E-state index in [1.165, 1.54) is 5.56 Å². The van der Waals surface area contributed by atoms with E-state index >= 15 is 0 Å². The van der Waals surface area contributed by atoms with Gasteiger partial charge in [0.25, 0.3) is 0 Å². The Labute approximate surface area is 171 Å². The van der Waals surface area contributed by atoms with Gasteiger partial charge in [-0.25, -0.2) is 4.79 Å². The van der Waals surface area contributed by atoms with Crippen molar-refractivity contribution in [1.29, 1.82) is 0 Å². The van der Waals surface area contributed by atoms with Crippen LogP contribution < -0.4 is 5.32 Å². The summed E-state index contributed by atoms with van der Waals surface area (Å²) in [6.07, 6.45) is 1.88. The monoisotopic (exact) mass is 387 g/mol. The van der Waals surface area contributed by atoms with Gasteiger partial charge in [-0.3, -0.25) is 4.79 Å². The van der Waals surface area contributed by atoms with Gasteiger partial charge in [0.15, 0.2) is 0 Å². The lowest BCUT2D eigenvalue weighted by Gasteiger charge is -2.07. The first-order valence-corrected chi connectivity index (χ1v) is 9.81. The van der Waals surface area contributed by atoms with Crippen LogP contribution in [0, 0.1) is 0 Å². The number of carbonyl (C=O) groups excluding carboxylic acids is 2. The SMILES string of the molecule is O=C(CCc1ccc(C(=O)OCc2ccccc2)cc1)NCCc1ccccc1. The van der Waals surface area contributed by atoms with E-state index in [0.717, 1.165) is 17.5 Å². The molecule has 0 aromatic heterocycles. The van der Waals surface area contributed by atoms with Gasteiger partial charge >= 0.3 is 5.97 Å². The van der Waals surface area contributed by atoms with Gasteiger partial charge in [0, 0.05) is 13.0 Å². The highest BCUT2D eigenvalue weighted by Crippen LogP contribution is 2.10. The first kappa shape index (κ1) is 20.3. The van der Waals surface area contributed by atoms with Crippen LogP contribution in [0.2, 0.25) is 0 Å². The van der Waals surface area contributed by atoms with Gasteiger partial charge in [-0.15, -0.1) is 0 Å². The number of nitrogens with one attached hydrogen (secondary N) is 1. The largest absolute Gasteiger partial charge is 0.457 e. The molecule has 4 nitrogen and oxygen atoms in total. The van der Waals surface area contributed by atoms with Crippen molar-refractivity contribution in [2.45, 2.75) is 25.9 Å². The van der Waals surface area contributed by atoms with Gasteiger partial charge < -0.3 is 10.1 Å². The van der Waals surface area contributed by atoms with Crippen molar-refractivity contribution in [3.8, 4) is 0 Å². The van der Waals surface area contributed by atoms with Crippen LogP contribution in [0.15, 0.2) is 84.9 Å². The molecule has 0 aliphatic carbocycles. The second-order valence-corrected chi connectivity index (χ2v) is 6.84. The number of amides is 1. The minimum atomic E-state index is -0.348. The summed E-state index contributed by atoms with van der Waals surface area (Å²) in [6, 6.07) is 26.9. The molecule has 0 aliphatic rings. The fourth-order valence-corrected chi connectivity index (χ4v) is 2.95. The predicted octanol–water partition coefficient (Wildman–Crippen LogP) is 4.34. The topological polar surface area (TPSA) is 55.4 Å². The molecule has 0 bridgehead atoms. The third-order valence-corrected chi connectivity index (χ3v) is 4.62. The minimum absolute atomic E-state index is 0.0345. The molecule has 0 atom stereocenters. The summed E-state index contributed by atoms with van der Waals surface area (Å²) in [7, 11) is 0. The van der Waals surface area contributed by atoms with E-state index in [2.05, 4.69) is 17.4 Å². The normalized spacial score (nSPS) is 10.3. The lowest BCUT2D eigenvalue weighted by Crippen LogP contribution is -2.25. The van der Waals surface area contributed by atoms with Crippen molar-refractivity contribution in [2.75, 3.05) is 6.54 Å². The van der Waals surface area contributed by atoms with Crippen molar-refractivity contribution in [1.82, 2.24) is 5.32 Å². The maximum absolute atomic E-state index is 12.1. The number of hydrogen-bond donors (Lipinski definition) is 1. The molecule has 0 spiro atoms. The Kier molecular flexibility index (Phi) is 7.58. The average Bonchev–Trinajstić information content (AvgIpc) is 2.78. The molecule has 0 saturated heterocycles. The van der Waals surface area contributed by atoms with Crippen LogP contribution in [0.1, 0.15) is 33.5 Å². The lowest BCUT2D eigenvalue weighted by molar-refractivity contribution is -0.121. The van der Waals surface area contributed by atoms with E-state index in [-0.39, 0.29) is 18.5 Å². The maximum Gasteiger partial charge on any atom is 0.338 e. The standard InChI is InChI=1S/C25H25NO3/c27-24(26-18-17-20-7-3-1-4-8-20)16-13-21-11-14-23(15-12-21)25(28)29-19-22-9-5-2-6-10-22/h1-12,14-15H,13,16-19H2,(H,26,27). The summed E-state index contributed by atoms with van der Waals surface area (Å²) in [4.78, 5) is 24.2. The maximum atomic E-state index is 12.1. The molecule has 29 heavy (non-hydrogen) atoms. The van der Waals surface area contributed by atoms with E-state index in [1.807, 2.05) is 60.7 Å². The number of hydrogen-bond acceptors (Lipinski definition) is 3. The highest BCUT2D eigenvalue weighted by atomic mass is 16.5. The summed E-state index contributed by atoms with van der Waals surface area (Å²) >= 11 is 0. The fourth-order valence-electron chi connectivity index (χ4n) is 2.95. The molecule has 0 heterocycles. The molecule has 0 radical (unpaired) electrons. The van der Waals surface area contributed by atoms with Crippen molar-refractivity contribution in [3.05, 3.63) is 107 Å². The van der Waals surface area contributed by atoms with Crippen LogP contribution in [-0.2, 0) is 29.0 Å². The second-order valence-electron chi connectivity index (χ2n) is 6.84. The molecular weight excluding hydrogens is 362 g/mol. The molecule has 3 rings (SSSR count). The van der Waals surface area contributed by atoms with Crippen LogP contribution in [0.5, 0.6) is 0 Å². The first-order valence-electron chi connectivity index (χ1n) is 9.81. The van der Waals surface area contributed by atoms with Gasteiger partial charge in [0.05, 0.1) is 5.56 Å². The predicted molar refractivity (Wildman–Crippen MR) is 113 cm³/mol. The van der Waals surface area contributed by atoms with Crippen LogP contribution in [0.4, 0.5) is 0 Å². The van der Waals surface area contributed by atoms with Gasteiger partial charge in [-0.2, -0.15) is 0 Å². The molecular formula is C25H25NO3. The van der Waals surface area contributed by atoms with Gasteiger partial charge in [0.1, 0.15) is 6.61 Å². The van der Waals surface area contributed by atoms with Gasteiger partial charge in [-0.1, -0.05) is 72.8 Å². The van der Waals surface area contributed by atoms with E-state index in [0.29, 0.717) is 24.9 Å². The molecule has 0 fully saturated rings. The number of rotatable bonds is 9. The van der Waals surface area contributed by atoms with Crippen LogP contribution >= 0.6 is 0 Å². The lowest BCUT2D eigenvalue weighted by atomic mass is 10.1. The third kappa shape index (κ3) is 6.92. The second kappa shape index (κ2) is 10.8. The number of benzene rings is 3. The molecule has 3 aromatic carbocycles. The number of esters is 1. The van der Waals surface area contributed by atoms with Crippen molar-refractivity contribution < 1.29 is 14.3 Å². The Bertz CT molecular complexity index is 906. The van der Waals surface area contributed by atoms with Crippen molar-refractivity contribution in [3.63, 3.8) is 0 Å². The van der Waals surface area contributed by atoms with Crippen LogP contribution in [0.25, 0.3) is 0 Å². The van der Waals surface area contributed by atoms with Crippen LogP contribution in [0.3, 0.4) is 0 Å². The van der Waals surface area contributed by atoms with E-state index in [4.69, 9.17) is 4.74 Å². The smallest absolute Gasteiger partial charge is 0.338 e. The average molecular weight is 387 g/mol.